The van der Waals surface area contributed by atoms with Crippen LogP contribution in [0.4, 0.5) is 11.4 Å². The lowest BCUT2D eigenvalue weighted by Crippen LogP contribution is -2.00. The van der Waals surface area contributed by atoms with Crippen molar-refractivity contribution in [1.82, 2.24) is 4.98 Å². The number of pyridine rings is 1. The van der Waals surface area contributed by atoms with Crippen molar-refractivity contribution in [3.8, 4) is 28.7 Å². The number of aryl methyl sites for hydroxylation is 1. The van der Waals surface area contributed by atoms with Crippen LogP contribution in [-0.2, 0) is 0 Å². The molecule has 0 saturated heterocycles. The van der Waals surface area contributed by atoms with Gasteiger partial charge in [-0.2, -0.15) is 5.26 Å². The Hall–Kier alpha value is -3.52. The number of hydrogen-bond donors (Lipinski definition) is 1. The Morgan fingerprint density at radius 3 is 2.38 bits per heavy atom. The predicted octanol–water partition coefficient (Wildman–Crippen LogP) is 4.69. The fourth-order valence-electron chi connectivity index (χ4n) is 2.76. The summed E-state index contributed by atoms with van der Waals surface area (Å²) in [5.74, 6) is 1.22. The molecule has 3 rings (SSSR count). The molecule has 5 heteroatoms. The molecule has 0 unspecified atom stereocenters. The maximum Gasteiger partial charge on any atom is 0.168 e. The van der Waals surface area contributed by atoms with Gasteiger partial charge in [-0.1, -0.05) is 29.8 Å². The lowest BCUT2D eigenvalue weighted by atomic mass is 10.0. The third kappa shape index (κ3) is 3.31. The van der Waals surface area contributed by atoms with E-state index < -0.39 is 0 Å². The van der Waals surface area contributed by atoms with E-state index >= 15 is 0 Å². The van der Waals surface area contributed by atoms with Crippen molar-refractivity contribution >= 4 is 11.4 Å². The average molecular weight is 345 g/mol. The van der Waals surface area contributed by atoms with Crippen LogP contribution in [-0.4, -0.2) is 19.2 Å². The Kier molecular flexibility index (Phi) is 5.04. The van der Waals surface area contributed by atoms with Crippen molar-refractivity contribution in [2.24, 2.45) is 0 Å². The number of hydrogen-bond acceptors (Lipinski definition) is 5. The summed E-state index contributed by atoms with van der Waals surface area (Å²) in [4.78, 5) is 4.22. The van der Waals surface area contributed by atoms with Crippen LogP contribution in [0.2, 0.25) is 0 Å². The highest BCUT2D eigenvalue weighted by Crippen LogP contribution is 2.42. The third-order valence-corrected chi connectivity index (χ3v) is 4.08. The molecule has 0 atom stereocenters. The van der Waals surface area contributed by atoms with Crippen LogP contribution in [0.5, 0.6) is 11.5 Å². The van der Waals surface area contributed by atoms with Gasteiger partial charge in [0.05, 0.1) is 25.5 Å². The number of aromatic nitrogens is 1. The minimum Gasteiger partial charge on any atom is -0.493 e. The molecule has 130 valence electrons. The average Bonchev–Trinajstić information content (AvgIpc) is 2.69. The molecule has 5 nitrogen and oxygen atoms in total. The molecule has 0 aliphatic rings. The molecule has 1 aromatic heterocycles. The number of nitriles is 1. The SMILES string of the molecule is COc1cccc(-c2cncc(C#N)c2Nc2ccc(C)cc2)c1OC. The van der Waals surface area contributed by atoms with Crippen LogP contribution >= 0.6 is 0 Å². The normalized spacial score (nSPS) is 10.1. The number of para-hydroxylation sites is 1. The van der Waals surface area contributed by atoms with Gasteiger partial charge >= 0.3 is 0 Å². The predicted molar refractivity (Wildman–Crippen MR) is 102 cm³/mol. The first kappa shape index (κ1) is 17.3. The van der Waals surface area contributed by atoms with Gasteiger partial charge in [0.25, 0.3) is 0 Å². The fraction of sp³-hybridized carbons (Fsp3) is 0.143. The Morgan fingerprint density at radius 2 is 1.73 bits per heavy atom. The molecular weight excluding hydrogens is 326 g/mol. The third-order valence-electron chi connectivity index (χ3n) is 4.08. The molecule has 2 aromatic carbocycles. The number of nitrogens with one attached hydrogen (secondary N) is 1. The first-order chi connectivity index (χ1) is 12.7. The largest absolute Gasteiger partial charge is 0.493 e. The Bertz CT molecular complexity index is 960. The summed E-state index contributed by atoms with van der Waals surface area (Å²) in [7, 11) is 3.19. The second kappa shape index (κ2) is 7.58. The Morgan fingerprint density at radius 1 is 0.962 bits per heavy atom. The van der Waals surface area contributed by atoms with E-state index in [1.54, 1.807) is 26.6 Å². The van der Waals surface area contributed by atoms with Gasteiger partial charge in [-0.25, -0.2) is 0 Å². The standard InChI is InChI=1S/C21H19N3O2/c1-14-7-9-16(10-8-14)24-20-15(11-22)12-23-13-18(20)17-5-4-6-19(25-2)21(17)26-3/h4-10,12-13H,1-3H3,(H,23,24). The summed E-state index contributed by atoms with van der Waals surface area (Å²) in [5, 5.41) is 12.9. The van der Waals surface area contributed by atoms with Gasteiger partial charge < -0.3 is 14.8 Å². The van der Waals surface area contributed by atoms with E-state index in [1.807, 2.05) is 49.4 Å². The summed E-state index contributed by atoms with van der Waals surface area (Å²) in [5.41, 5.74) is 4.75. The molecule has 0 fully saturated rings. The number of methoxy groups -OCH3 is 2. The van der Waals surface area contributed by atoms with E-state index in [9.17, 15) is 5.26 Å². The highest BCUT2D eigenvalue weighted by molar-refractivity contribution is 5.87. The summed E-state index contributed by atoms with van der Waals surface area (Å²) in [6, 6.07) is 15.8. The quantitative estimate of drug-likeness (QED) is 0.726. The number of nitrogens with zero attached hydrogens (tertiary/aromatic N) is 2. The maximum absolute atomic E-state index is 9.55. The summed E-state index contributed by atoms with van der Waals surface area (Å²) in [6.45, 7) is 2.03. The first-order valence-corrected chi connectivity index (χ1v) is 8.11. The van der Waals surface area contributed by atoms with E-state index in [2.05, 4.69) is 16.4 Å². The summed E-state index contributed by atoms with van der Waals surface area (Å²) in [6.07, 6.45) is 3.27. The molecule has 0 aliphatic carbocycles. The first-order valence-electron chi connectivity index (χ1n) is 8.11. The molecule has 1 heterocycles. The van der Waals surface area contributed by atoms with Crippen LogP contribution < -0.4 is 14.8 Å². The maximum atomic E-state index is 9.55. The molecule has 26 heavy (non-hydrogen) atoms. The van der Waals surface area contributed by atoms with E-state index in [4.69, 9.17) is 9.47 Å². The van der Waals surface area contributed by atoms with Crippen LogP contribution in [0, 0.1) is 18.3 Å². The minimum absolute atomic E-state index is 0.452. The van der Waals surface area contributed by atoms with Crippen LogP contribution in [0.1, 0.15) is 11.1 Å². The van der Waals surface area contributed by atoms with E-state index in [0.29, 0.717) is 22.7 Å². The molecular formula is C21H19N3O2. The van der Waals surface area contributed by atoms with Crippen molar-refractivity contribution in [1.29, 1.82) is 5.26 Å². The van der Waals surface area contributed by atoms with Gasteiger partial charge in [-0.15, -0.1) is 0 Å². The number of rotatable bonds is 5. The lowest BCUT2D eigenvalue weighted by molar-refractivity contribution is 0.356. The van der Waals surface area contributed by atoms with Crippen LogP contribution in [0.15, 0.2) is 54.9 Å². The lowest BCUT2D eigenvalue weighted by Gasteiger charge is -2.17. The van der Waals surface area contributed by atoms with Gasteiger partial charge in [0.1, 0.15) is 6.07 Å². The molecule has 3 aromatic rings. The van der Waals surface area contributed by atoms with Crippen molar-refractivity contribution in [2.45, 2.75) is 6.92 Å². The van der Waals surface area contributed by atoms with Crippen LogP contribution in [0.3, 0.4) is 0 Å². The topological polar surface area (TPSA) is 67.2 Å². The zero-order valence-corrected chi connectivity index (χ0v) is 14.9. The van der Waals surface area contributed by atoms with Crippen LogP contribution in [0.25, 0.3) is 11.1 Å². The number of benzene rings is 2. The van der Waals surface area contributed by atoms with Gasteiger partial charge in [-0.3, -0.25) is 4.98 Å². The summed E-state index contributed by atoms with van der Waals surface area (Å²) >= 11 is 0. The van der Waals surface area contributed by atoms with Gasteiger partial charge in [0.15, 0.2) is 11.5 Å². The van der Waals surface area contributed by atoms with Gasteiger partial charge in [0.2, 0.25) is 0 Å². The molecule has 0 spiro atoms. The number of anilines is 2. The second-order valence-corrected chi connectivity index (χ2v) is 5.75. The monoisotopic (exact) mass is 345 g/mol. The van der Waals surface area contributed by atoms with Gasteiger partial charge in [-0.05, 0) is 25.1 Å². The fourth-order valence-corrected chi connectivity index (χ4v) is 2.76. The van der Waals surface area contributed by atoms with Crippen molar-refractivity contribution in [2.75, 3.05) is 19.5 Å². The molecule has 0 bridgehead atoms. The van der Waals surface area contributed by atoms with Crippen molar-refractivity contribution < 1.29 is 9.47 Å². The van der Waals surface area contributed by atoms with Crippen molar-refractivity contribution in [3.63, 3.8) is 0 Å². The second-order valence-electron chi connectivity index (χ2n) is 5.75. The summed E-state index contributed by atoms with van der Waals surface area (Å²) < 4.78 is 10.9. The molecule has 0 saturated carbocycles. The minimum atomic E-state index is 0.452. The highest BCUT2D eigenvalue weighted by atomic mass is 16.5. The Labute approximate surface area is 152 Å². The molecule has 0 aliphatic heterocycles. The zero-order chi connectivity index (χ0) is 18.5. The molecule has 0 radical (unpaired) electrons. The van der Waals surface area contributed by atoms with E-state index in [1.165, 1.54) is 5.56 Å². The highest BCUT2D eigenvalue weighted by Gasteiger charge is 2.17. The van der Waals surface area contributed by atoms with E-state index in [0.717, 1.165) is 16.8 Å². The zero-order valence-electron chi connectivity index (χ0n) is 14.9. The number of ether oxygens (including phenoxy) is 2. The van der Waals surface area contributed by atoms with Gasteiger partial charge in [0, 0.05) is 29.2 Å². The Balaban J connectivity index is 2.17. The molecule has 1 N–H and O–H groups in total. The molecule has 0 amide bonds. The van der Waals surface area contributed by atoms with E-state index in [-0.39, 0.29) is 0 Å². The smallest absolute Gasteiger partial charge is 0.168 e. The van der Waals surface area contributed by atoms with Crippen molar-refractivity contribution in [3.05, 3.63) is 66.0 Å².